The molecule has 0 bridgehead atoms. The van der Waals surface area contributed by atoms with Crippen molar-refractivity contribution < 1.29 is 14.4 Å². The van der Waals surface area contributed by atoms with Crippen LogP contribution in [-0.4, -0.2) is 61.4 Å². The van der Waals surface area contributed by atoms with Gasteiger partial charge in [0.15, 0.2) is 0 Å². The van der Waals surface area contributed by atoms with Gasteiger partial charge in [0.05, 0.1) is 11.4 Å². The molecule has 1 atom stereocenters. The molecule has 4 heterocycles. The summed E-state index contributed by atoms with van der Waals surface area (Å²) in [5, 5.41) is 0. The Morgan fingerprint density at radius 2 is 1.63 bits per heavy atom. The molecule has 3 amide bonds. The molecule has 4 aliphatic rings. The molecule has 0 unspecified atom stereocenters. The van der Waals surface area contributed by atoms with Gasteiger partial charge in [-0.2, -0.15) is 0 Å². The van der Waals surface area contributed by atoms with Crippen molar-refractivity contribution in [3.63, 3.8) is 0 Å². The Balaban J connectivity index is 1.33. The summed E-state index contributed by atoms with van der Waals surface area (Å²) in [6.07, 6.45) is 6.90. The van der Waals surface area contributed by atoms with Crippen LogP contribution >= 0.6 is 0 Å². The molecule has 0 N–H and O–H groups in total. The Hall–Kier alpha value is -3.35. The number of anilines is 3. The van der Waals surface area contributed by atoms with E-state index in [1.807, 2.05) is 41.3 Å². The van der Waals surface area contributed by atoms with Crippen molar-refractivity contribution in [2.24, 2.45) is 0 Å². The number of carbonyl (C=O) groups excluding carboxylic acids is 3. The molecule has 0 spiro atoms. The number of benzene rings is 2. The number of piperidine rings is 2. The summed E-state index contributed by atoms with van der Waals surface area (Å²) in [4.78, 5) is 48.0. The van der Waals surface area contributed by atoms with Crippen LogP contribution in [0.1, 0.15) is 54.4 Å². The molecule has 0 aliphatic carbocycles. The van der Waals surface area contributed by atoms with Gasteiger partial charge < -0.3 is 14.7 Å². The van der Waals surface area contributed by atoms with Crippen molar-refractivity contribution in [2.75, 3.05) is 47.4 Å². The number of para-hydroxylation sites is 1. The third-order valence-electron chi connectivity index (χ3n) is 8.00. The third-order valence-corrected chi connectivity index (χ3v) is 8.00. The number of rotatable bonds is 3. The first kappa shape index (κ1) is 22.1. The SMILES string of the molecule is O=C(c1ccc2c(c1)N(CC(=O)N1CCc3ccccc31)C(=O)[C@H]1CCCCN21)N1CCCCC1. The molecule has 7 nitrogen and oxygen atoms in total. The van der Waals surface area contributed by atoms with Gasteiger partial charge in [-0.15, -0.1) is 0 Å². The highest BCUT2D eigenvalue weighted by molar-refractivity contribution is 6.11. The van der Waals surface area contributed by atoms with E-state index in [1.54, 1.807) is 9.80 Å². The Bertz CT molecular complexity index is 1170. The zero-order valence-corrected chi connectivity index (χ0v) is 20.1. The zero-order valence-electron chi connectivity index (χ0n) is 20.1. The number of amides is 3. The maximum atomic E-state index is 13.7. The number of fused-ring (bicyclic) bond motifs is 4. The number of nitrogens with zero attached hydrogens (tertiary/aromatic N) is 4. The third kappa shape index (κ3) is 3.87. The lowest BCUT2D eigenvalue weighted by Gasteiger charge is -2.45. The Morgan fingerprint density at radius 1 is 0.829 bits per heavy atom. The predicted octanol–water partition coefficient (Wildman–Crippen LogP) is 3.61. The molecule has 2 saturated heterocycles. The standard InChI is InChI=1S/C28H32N4O3/c33-26(31-17-13-20-8-2-3-9-22(20)31)19-32-25-18-21(27(34)29-14-5-1-6-15-29)11-12-23(25)30-16-7-4-10-24(30)28(32)35/h2-3,8-9,11-12,18,24H,1,4-7,10,13-17,19H2/t24-/m1/s1. The lowest BCUT2D eigenvalue weighted by molar-refractivity contribution is -0.123. The normalized spacial score (nSPS) is 21.5. The first-order chi connectivity index (χ1) is 17.1. The average molecular weight is 473 g/mol. The molecule has 7 heteroatoms. The van der Waals surface area contributed by atoms with Gasteiger partial charge in [-0.1, -0.05) is 18.2 Å². The molecule has 6 rings (SSSR count). The van der Waals surface area contributed by atoms with E-state index in [4.69, 9.17) is 0 Å². The van der Waals surface area contributed by atoms with Crippen molar-refractivity contribution in [1.29, 1.82) is 0 Å². The highest BCUT2D eigenvalue weighted by atomic mass is 16.2. The predicted molar refractivity (Wildman–Crippen MR) is 136 cm³/mol. The largest absolute Gasteiger partial charge is 0.358 e. The summed E-state index contributed by atoms with van der Waals surface area (Å²) in [6.45, 7) is 3.01. The monoisotopic (exact) mass is 472 g/mol. The fourth-order valence-electron chi connectivity index (χ4n) is 6.15. The van der Waals surface area contributed by atoms with Gasteiger partial charge in [-0.3, -0.25) is 19.3 Å². The van der Waals surface area contributed by atoms with Crippen LogP contribution in [0.5, 0.6) is 0 Å². The van der Waals surface area contributed by atoms with Crippen LogP contribution in [0.4, 0.5) is 17.1 Å². The smallest absolute Gasteiger partial charge is 0.253 e. The van der Waals surface area contributed by atoms with Crippen LogP contribution in [0.2, 0.25) is 0 Å². The number of likely N-dealkylation sites (tertiary alicyclic amines) is 1. The van der Waals surface area contributed by atoms with Gasteiger partial charge in [0.2, 0.25) is 11.8 Å². The molecular weight excluding hydrogens is 440 g/mol. The number of carbonyl (C=O) groups is 3. The minimum atomic E-state index is -0.237. The van der Waals surface area contributed by atoms with Crippen molar-refractivity contribution in [3.05, 3.63) is 53.6 Å². The van der Waals surface area contributed by atoms with Crippen LogP contribution in [0.25, 0.3) is 0 Å². The summed E-state index contributed by atoms with van der Waals surface area (Å²) in [5.41, 5.74) is 4.35. The van der Waals surface area contributed by atoms with E-state index in [0.717, 1.165) is 76.0 Å². The summed E-state index contributed by atoms with van der Waals surface area (Å²) in [7, 11) is 0. The van der Waals surface area contributed by atoms with Gasteiger partial charge in [0, 0.05) is 37.4 Å². The minimum absolute atomic E-state index is 0.00807. The van der Waals surface area contributed by atoms with Crippen LogP contribution in [-0.2, 0) is 16.0 Å². The average Bonchev–Trinajstić information content (AvgIpc) is 3.35. The Morgan fingerprint density at radius 3 is 2.49 bits per heavy atom. The highest BCUT2D eigenvalue weighted by Gasteiger charge is 2.41. The summed E-state index contributed by atoms with van der Waals surface area (Å²) in [6, 6.07) is 13.5. The van der Waals surface area contributed by atoms with Crippen LogP contribution in [0.15, 0.2) is 42.5 Å². The van der Waals surface area contributed by atoms with Crippen molar-refractivity contribution in [2.45, 2.75) is 51.0 Å². The van der Waals surface area contributed by atoms with Gasteiger partial charge in [0.1, 0.15) is 12.6 Å². The van der Waals surface area contributed by atoms with Crippen LogP contribution in [0.3, 0.4) is 0 Å². The molecule has 182 valence electrons. The minimum Gasteiger partial charge on any atom is -0.358 e. The molecule has 0 radical (unpaired) electrons. The Kier molecular flexibility index (Phi) is 5.71. The molecule has 2 fully saturated rings. The van der Waals surface area contributed by atoms with E-state index in [1.165, 1.54) is 5.56 Å². The molecule has 4 aliphatic heterocycles. The molecular formula is C28H32N4O3. The highest BCUT2D eigenvalue weighted by Crippen LogP contribution is 2.40. The summed E-state index contributed by atoms with van der Waals surface area (Å²) in [5.74, 6) is -0.0904. The quantitative estimate of drug-likeness (QED) is 0.685. The lowest BCUT2D eigenvalue weighted by Crippen LogP contribution is -2.57. The van der Waals surface area contributed by atoms with E-state index >= 15 is 0 Å². The van der Waals surface area contributed by atoms with Gasteiger partial charge >= 0.3 is 0 Å². The van der Waals surface area contributed by atoms with Crippen LogP contribution in [0, 0.1) is 0 Å². The molecule has 2 aromatic rings. The molecule has 0 saturated carbocycles. The number of hydrogen-bond acceptors (Lipinski definition) is 4. The van der Waals surface area contributed by atoms with E-state index < -0.39 is 0 Å². The van der Waals surface area contributed by atoms with E-state index in [-0.39, 0.29) is 30.3 Å². The first-order valence-corrected chi connectivity index (χ1v) is 13.0. The second-order valence-electron chi connectivity index (χ2n) is 10.1. The number of hydrogen-bond donors (Lipinski definition) is 0. The molecule has 2 aromatic carbocycles. The maximum Gasteiger partial charge on any atom is 0.253 e. The van der Waals surface area contributed by atoms with Crippen molar-refractivity contribution >= 4 is 34.8 Å². The second-order valence-corrected chi connectivity index (χ2v) is 10.1. The maximum absolute atomic E-state index is 13.7. The van der Waals surface area contributed by atoms with Crippen molar-refractivity contribution in [1.82, 2.24) is 4.90 Å². The van der Waals surface area contributed by atoms with Crippen molar-refractivity contribution in [3.8, 4) is 0 Å². The van der Waals surface area contributed by atoms with Gasteiger partial charge in [-0.05, 0) is 74.8 Å². The van der Waals surface area contributed by atoms with Gasteiger partial charge in [0.25, 0.3) is 5.91 Å². The zero-order chi connectivity index (χ0) is 23.9. The van der Waals surface area contributed by atoms with E-state index in [0.29, 0.717) is 17.8 Å². The molecule has 0 aromatic heterocycles. The summed E-state index contributed by atoms with van der Waals surface area (Å²) < 4.78 is 0. The fourth-order valence-corrected chi connectivity index (χ4v) is 6.15. The fraction of sp³-hybridized carbons (Fsp3) is 0.464. The lowest BCUT2D eigenvalue weighted by atomic mass is 9.95. The van der Waals surface area contributed by atoms with E-state index in [2.05, 4.69) is 11.0 Å². The van der Waals surface area contributed by atoms with Crippen LogP contribution < -0.4 is 14.7 Å². The summed E-state index contributed by atoms with van der Waals surface area (Å²) >= 11 is 0. The topological polar surface area (TPSA) is 64.2 Å². The van der Waals surface area contributed by atoms with Gasteiger partial charge in [-0.25, -0.2) is 0 Å². The first-order valence-electron chi connectivity index (χ1n) is 13.0. The Labute approximate surface area is 206 Å². The molecule has 35 heavy (non-hydrogen) atoms. The van der Waals surface area contributed by atoms with E-state index in [9.17, 15) is 14.4 Å². The second kappa shape index (κ2) is 9.02.